The summed E-state index contributed by atoms with van der Waals surface area (Å²) in [5.41, 5.74) is 0.644. The average molecular weight is 276 g/mol. The molecule has 0 spiro atoms. The van der Waals surface area contributed by atoms with Gasteiger partial charge in [-0.05, 0) is 37.8 Å². The van der Waals surface area contributed by atoms with Crippen LogP contribution in [-0.4, -0.2) is 40.0 Å². The van der Waals surface area contributed by atoms with E-state index >= 15 is 0 Å². The summed E-state index contributed by atoms with van der Waals surface area (Å²) in [7, 11) is 0. The van der Waals surface area contributed by atoms with Crippen molar-refractivity contribution in [3.8, 4) is 0 Å². The van der Waals surface area contributed by atoms with E-state index < -0.39 is 11.4 Å². The number of carbonyl (C=O) groups excluding carboxylic acids is 1. The second-order valence-corrected chi connectivity index (χ2v) is 5.40. The van der Waals surface area contributed by atoms with Crippen molar-refractivity contribution in [3.63, 3.8) is 0 Å². The smallest absolute Gasteiger partial charge is 0.309 e. The lowest BCUT2D eigenvalue weighted by Crippen LogP contribution is -2.46. The summed E-state index contributed by atoms with van der Waals surface area (Å²) in [5, 5.41) is 9.36. The Morgan fingerprint density at radius 1 is 1.40 bits per heavy atom. The molecule has 1 saturated heterocycles. The highest BCUT2D eigenvalue weighted by Crippen LogP contribution is 2.35. The zero-order valence-electron chi connectivity index (χ0n) is 11.9. The fraction of sp³-hybridized carbons (Fsp3) is 0.533. The van der Waals surface area contributed by atoms with Gasteiger partial charge >= 0.3 is 5.97 Å². The van der Waals surface area contributed by atoms with E-state index in [9.17, 15) is 14.7 Å². The quantitative estimate of drug-likeness (QED) is 0.918. The van der Waals surface area contributed by atoms with Gasteiger partial charge in [-0.2, -0.15) is 0 Å². The van der Waals surface area contributed by atoms with Crippen molar-refractivity contribution in [2.45, 2.75) is 33.1 Å². The van der Waals surface area contributed by atoms with Gasteiger partial charge in [0.1, 0.15) is 5.69 Å². The fourth-order valence-electron chi connectivity index (χ4n) is 2.72. The highest BCUT2D eigenvalue weighted by Gasteiger charge is 2.41. The van der Waals surface area contributed by atoms with Gasteiger partial charge in [0, 0.05) is 19.3 Å². The molecule has 1 aromatic rings. The van der Waals surface area contributed by atoms with E-state index in [1.807, 2.05) is 19.9 Å². The molecule has 2 rings (SSSR count). The minimum atomic E-state index is -0.749. The lowest BCUT2D eigenvalue weighted by molar-refractivity contribution is -0.152. The van der Waals surface area contributed by atoms with E-state index in [1.54, 1.807) is 17.2 Å². The van der Waals surface area contributed by atoms with E-state index in [-0.39, 0.29) is 5.91 Å². The Labute approximate surface area is 118 Å². The maximum atomic E-state index is 12.4. The van der Waals surface area contributed by atoms with E-state index in [2.05, 4.69) is 4.98 Å². The predicted octanol–water partition coefficient (Wildman–Crippen LogP) is 2.11. The van der Waals surface area contributed by atoms with Crippen LogP contribution in [0.2, 0.25) is 0 Å². The molecule has 1 aliphatic heterocycles. The third kappa shape index (κ3) is 2.53. The van der Waals surface area contributed by atoms with Crippen molar-refractivity contribution in [2.75, 3.05) is 13.1 Å². The van der Waals surface area contributed by atoms with Gasteiger partial charge in [-0.1, -0.05) is 13.0 Å². The number of nitrogens with zero attached hydrogens (tertiary/aromatic N) is 2. The standard InChI is InChI=1S/C15H20N2O3/c1-3-15(14(19)20)6-9-17(10-7-15)13(18)12-11(2)5-4-8-16-12/h4-5,8H,3,6-7,9-10H2,1-2H3,(H,19,20). The second-order valence-electron chi connectivity index (χ2n) is 5.40. The first kappa shape index (κ1) is 14.5. The highest BCUT2D eigenvalue weighted by molar-refractivity contribution is 5.93. The maximum absolute atomic E-state index is 12.4. The molecule has 1 fully saturated rings. The summed E-state index contributed by atoms with van der Waals surface area (Å²) in [4.78, 5) is 29.6. The third-order valence-electron chi connectivity index (χ3n) is 4.35. The van der Waals surface area contributed by atoms with Crippen LogP contribution < -0.4 is 0 Å². The number of rotatable bonds is 3. The number of carbonyl (C=O) groups is 2. The van der Waals surface area contributed by atoms with Crippen LogP contribution in [0.15, 0.2) is 18.3 Å². The summed E-state index contributed by atoms with van der Waals surface area (Å²) in [6.45, 7) is 4.72. The first-order valence-electron chi connectivity index (χ1n) is 6.94. The van der Waals surface area contributed by atoms with E-state index in [0.717, 1.165) is 5.56 Å². The number of aromatic nitrogens is 1. The molecule has 1 amide bonds. The molecule has 1 aliphatic rings. The minimum Gasteiger partial charge on any atom is -0.481 e. The van der Waals surface area contributed by atoms with Gasteiger partial charge < -0.3 is 10.0 Å². The first-order valence-corrected chi connectivity index (χ1v) is 6.94. The molecule has 0 unspecified atom stereocenters. The summed E-state index contributed by atoms with van der Waals surface area (Å²) in [5.74, 6) is -0.848. The maximum Gasteiger partial charge on any atom is 0.309 e. The molecule has 0 aromatic carbocycles. The van der Waals surface area contributed by atoms with Crippen LogP contribution in [0.3, 0.4) is 0 Å². The predicted molar refractivity (Wildman–Crippen MR) is 74.5 cm³/mol. The summed E-state index contributed by atoms with van der Waals surface area (Å²) in [6.07, 6.45) is 3.23. The molecule has 0 radical (unpaired) electrons. The number of amides is 1. The van der Waals surface area contributed by atoms with Crippen LogP contribution in [0, 0.1) is 12.3 Å². The van der Waals surface area contributed by atoms with E-state index in [4.69, 9.17) is 0 Å². The number of carboxylic acids is 1. The van der Waals surface area contributed by atoms with Crippen molar-refractivity contribution >= 4 is 11.9 Å². The number of hydrogen-bond acceptors (Lipinski definition) is 3. The number of pyridine rings is 1. The van der Waals surface area contributed by atoms with Gasteiger partial charge in [-0.25, -0.2) is 0 Å². The Morgan fingerprint density at radius 2 is 2.05 bits per heavy atom. The molecule has 20 heavy (non-hydrogen) atoms. The molecular weight excluding hydrogens is 256 g/mol. The number of aliphatic carboxylic acids is 1. The molecule has 0 atom stereocenters. The first-order chi connectivity index (χ1) is 9.50. The lowest BCUT2D eigenvalue weighted by Gasteiger charge is -2.38. The van der Waals surface area contributed by atoms with Gasteiger partial charge in [0.15, 0.2) is 0 Å². The molecule has 108 valence electrons. The fourth-order valence-corrected chi connectivity index (χ4v) is 2.72. The number of hydrogen-bond donors (Lipinski definition) is 1. The molecule has 5 nitrogen and oxygen atoms in total. The number of likely N-dealkylation sites (tertiary alicyclic amines) is 1. The number of aryl methyl sites for hydroxylation is 1. The molecule has 0 bridgehead atoms. The molecule has 2 heterocycles. The van der Waals surface area contributed by atoms with Crippen LogP contribution in [0.4, 0.5) is 0 Å². The Balaban J connectivity index is 2.10. The average Bonchev–Trinajstić information content (AvgIpc) is 2.47. The minimum absolute atomic E-state index is 0.0989. The topological polar surface area (TPSA) is 70.5 Å². The normalized spacial score (nSPS) is 17.8. The molecule has 1 N–H and O–H groups in total. The summed E-state index contributed by atoms with van der Waals surface area (Å²) >= 11 is 0. The summed E-state index contributed by atoms with van der Waals surface area (Å²) in [6, 6.07) is 3.66. The van der Waals surface area contributed by atoms with Crippen molar-refractivity contribution in [1.29, 1.82) is 0 Å². The van der Waals surface area contributed by atoms with Crippen LogP contribution in [0.25, 0.3) is 0 Å². The largest absolute Gasteiger partial charge is 0.481 e. The van der Waals surface area contributed by atoms with Crippen LogP contribution in [-0.2, 0) is 4.79 Å². The van der Waals surface area contributed by atoms with Gasteiger partial charge in [-0.3, -0.25) is 14.6 Å². The zero-order chi connectivity index (χ0) is 14.8. The Hall–Kier alpha value is -1.91. The summed E-state index contributed by atoms with van der Waals surface area (Å²) < 4.78 is 0. The van der Waals surface area contributed by atoms with Crippen LogP contribution in [0.5, 0.6) is 0 Å². The Bertz CT molecular complexity index is 520. The number of carboxylic acid groups (broad SMARTS) is 1. The van der Waals surface area contributed by atoms with Crippen LogP contribution >= 0.6 is 0 Å². The van der Waals surface area contributed by atoms with Crippen molar-refractivity contribution in [3.05, 3.63) is 29.6 Å². The molecule has 0 saturated carbocycles. The SMILES string of the molecule is CCC1(C(=O)O)CCN(C(=O)c2ncccc2C)CC1. The second kappa shape index (κ2) is 5.61. The molecule has 1 aromatic heterocycles. The van der Waals surface area contributed by atoms with Gasteiger partial charge in [-0.15, -0.1) is 0 Å². The van der Waals surface area contributed by atoms with Gasteiger partial charge in [0.2, 0.25) is 0 Å². The van der Waals surface area contributed by atoms with Crippen molar-refractivity contribution < 1.29 is 14.7 Å². The monoisotopic (exact) mass is 276 g/mol. The van der Waals surface area contributed by atoms with Gasteiger partial charge in [0.25, 0.3) is 5.91 Å². The highest BCUT2D eigenvalue weighted by atomic mass is 16.4. The number of piperidine rings is 1. The third-order valence-corrected chi connectivity index (χ3v) is 4.35. The molecule has 0 aliphatic carbocycles. The Kier molecular flexibility index (Phi) is 4.06. The van der Waals surface area contributed by atoms with Gasteiger partial charge in [0.05, 0.1) is 5.41 Å². The van der Waals surface area contributed by atoms with Crippen LogP contribution in [0.1, 0.15) is 42.2 Å². The van der Waals surface area contributed by atoms with E-state index in [0.29, 0.717) is 38.0 Å². The lowest BCUT2D eigenvalue weighted by atomic mass is 9.76. The zero-order valence-corrected chi connectivity index (χ0v) is 11.9. The Morgan fingerprint density at radius 3 is 2.55 bits per heavy atom. The molecular formula is C15H20N2O3. The van der Waals surface area contributed by atoms with E-state index in [1.165, 1.54) is 0 Å². The molecule has 5 heteroatoms. The van der Waals surface area contributed by atoms with Crippen molar-refractivity contribution in [2.24, 2.45) is 5.41 Å². The van der Waals surface area contributed by atoms with Crippen molar-refractivity contribution in [1.82, 2.24) is 9.88 Å².